The molecule has 2 aromatic rings. The first-order valence-electron chi connectivity index (χ1n) is 5.99. The molecule has 1 aromatic heterocycles. The number of nitrogens with one attached hydrogen (secondary N) is 1. The van der Waals surface area contributed by atoms with E-state index < -0.39 is 0 Å². The summed E-state index contributed by atoms with van der Waals surface area (Å²) in [6, 6.07) is 6.63. The molecule has 0 aliphatic rings. The highest BCUT2D eigenvalue weighted by Gasteiger charge is 2.20. The van der Waals surface area contributed by atoms with E-state index >= 15 is 0 Å². The maximum Gasteiger partial charge on any atom is 0.124 e. The quantitative estimate of drug-likeness (QED) is 0.492. The molecule has 2 rings (SSSR count). The number of aromatic nitrogens is 2. The lowest BCUT2D eigenvalue weighted by Crippen LogP contribution is -2.31. The van der Waals surface area contributed by atoms with Crippen LogP contribution in [0.5, 0.6) is 0 Å². The number of hydrogen-bond acceptors (Lipinski definition) is 3. The summed E-state index contributed by atoms with van der Waals surface area (Å²) >= 11 is 2.11. The van der Waals surface area contributed by atoms with Crippen LogP contribution in [0.25, 0.3) is 0 Å². The second-order valence-corrected chi connectivity index (χ2v) is 5.72. The van der Waals surface area contributed by atoms with Gasteiger partial charge in [0, 0.05) is 15.8 Å². The minimum Gasteiger partial charge on any atom is -0.271 e. The Hall–Kier alpha value is -0.990. The van der Waals surface area contributed by atoms with Crippen molar-refractivity contribution in [2.24, 2.45) is 5.84 Å². The molecule has 0 radical (unpaired) electrons. The van der Waals surface area contributed by atoms with Crippen LogP contribution in [0, 0.1) is 9.39 Å². The summed E-state index contributed by atoms with van der Waals surface area (Å²) in [6.45, 7) is 4.11. The largest absolute Gasteiger partial charge is 0.271 e. The van der Waals surface area contributed by atoms with Crippen molar-refractivity contribution in [1.29, 1.82) is 0 Å². The number of nitrogens with zero attached hydrogens (tertiary/aromatic N) is 2. The molecule has 0 aliphatic heterocycles. The molecule has 0 spiro atoms. The molecule has 0 aliphatic carbocycles. The van der Waals surface area contributed by atoms with Gasteiger partial charge in [-0.25, -0.2) is 9.82 Å². The minimum atomic E-state index is -0.249. The number of hydrogen-bond donors (Lipinski definition) is 2. The first-order valence-corrected chi connectivity index (χ1v) is 7.07. The van der Waals surface area contributed by atoms with Crippen LogP contribution in [0.1, 0.15) is 37.2 Å². The van der Waals surface area contributed by atoms with Gasteiger partial charge in [-0.1, -0.05) is 6.07 Å². The van der Waals surface area contributed by atoms with Gasteiger partial charge in [0.25, 0.3) is 0 Å². The molecular weight excluding hydrogens is 358 g/mol. The molecule has 1 atom stereocenters. The van der Waals surface area contributed by atoms with Gasteiger partial charge in [0.1, 0.15) is 5.82 Å². The predicted octanol–water partition coefficient (Wildman–Crippen LogP) is 2.76. The van der Waals surface area contributed by atoms with E-state index in [4.69, 9.17) is 5.84 Å². The zero-order valence-electron chi connectivity index (χ0n) is 10.8. The van der Waals surface area contributed by atoms with Crippen molar-refractivity contribution in [3.8, 4) is 0 Å². The van der Waals surface area contributed by atoms with Gasteiger partial charge in [0.2, 0.25) is 0 Å². The van der Waals surface area contributed by atoms with Crippen LogP contribution in [0.15, 0.2) is 30.5 Å². The molecule has 1 aromatic carbocycles. The van der Waals surface area contributed by atoms with Gasteiger partial charge in [0.15, 0.2) is 0 Å². The zero-order valence-corrected chi connectivity index (χ0v) is 12.9. The van der Waals surface area contributed by atoms with Crippen molar-refractivity contribution in [1.82, 2.24) is 15.2 Å². The summed E-state index contributed by atoms with van der Waals surface area (Å²) in [7, 11) is 0. The first-order chi connectivity index (χ1) is 9.04. The summed E-state index contributed by atoms with van der Waals surface area (Å²) in [6.07, 6.45) is 1.75. The fourth-order valence-corrected chi connectivity index (χ4v) is 2.84. The molecule has 19 heavy (non-hydrogen) atoms. The fraction of sp³-hybridized carbons (Fsp3) is 0.308. The molecular formula is C13H16FIN4. The van der Waals surface area contributed by atoms with E-state index in [2.05, 4.69) is 47.0 Å². The Bertz CT molecular complexity index is 568. The number of nitrogens with two attached hydrogens (primary N) is 1. The molecule has 102 valence electrons. The van der Waals surface area contributed by atoms with Gasteiger partial charge in [0.05, 0.1) is 11.7 Å². The third-order valence-corrected chi connectivity index (χ3v) is 3.86. The first kappa shape index (κ1) is 14.4. The topological polar surface area (TPSA) is 55.9 Å². The molecule has 1 unspecified atom stereocenters. The highest BCUT2D eigenvalue weighted by Crippen LogP contribution is 2.27. The van der Waals surface area contributed by atoms with E-state index in [1.54, 1.807) is 12.3 Å². The third kappa shape index (κ3) is 2.96. The van der Waals surface area contributed by atoms with E-state index in [0.29, 0.717) is 0 Å². The van der Waals surface area contributed by atoms with Crippen molar-refractivity contribution in [2.45, 2.75) is 25.9 Å². The lowest BCUT2D eigenvalue weighted by atomic mass is 10.0. The molecule has 0 saturated carbocycles. The third-order valence-electron chi connectivity index (χ3n) is 2.93. The van der Waals surface area contributed by atoms with E-state index in [0.717, 1.165) is 14.8 Å². The highest BCUT2D eigenvalue weighted by atomic mass is 127. The van der Waals surface area contributed by atoms with Gasteiger partial charge >= 0.3 is 0 Å². The van der Waals surface area contributed by atoms with E-state index in [-0.39, 0.29) is 17.9 Å². The summed E-state index contributed by atoms with van der Waals surface area (Å²) in [4.78, 5) is 0. The van der Waals surface area contributed by atoms with Gasteiger partial charge < -0.3 is 0 Å². The molecule has 0 bridgehead atoms. The number of halogens is 2. The highest BCUT2D eigenvalue weighted by molar-refractivity contribution is 14.1. The molecule has 1 heterocycles. The fourth-order valence-electron chi connectivity index (χ4n) is 2.05. The van der Waals surface area contributed by atoms with Crippen molar-refractivity contribution in [3.63, 3.8) is 0 Å². The molecule has 3 N–H and O–H groups in total. The molecule has 6 heteroatoms. The van der Waals surface area contributed by atoms with Gasteiger partial charge in [-0.15, -0.1) is 0 Å². The SMILES string of the molecule is CC(C)n1nccc1C(NN)c1ccc(F)cc1I. The van der Waals surface area contributed by atoms with Crippen LogP contribution in [-0.2, 0) is 0 Å². The Morgan fingerprint density at radius 2 is 2.11 bits per heavy atom. The van der Waals surface area contributed by atoms with E-state index in [1.807, 2.05) is 10.7 Å². The summed E-state index contributed by atoms with van der Waals surface area (Å²) in [5, 5.41) is 4.30. The Balaban J connectivity index is 2.47. The normalized spacial score (nSPS) is 12.9. The van der Waals surface area contributed by atoms with Crippen LogP contribution in [0.2, 0.25) is 0 Å². The average molecular weight is 374 g/mol. The Kier molecular flexibility index (Phi) is 4.54. The van der Waals surface area contributed by atoms with Crippen molar-refractivity contribution in [3.05, 3.63) is 51.1 Å². The second kappa shape index (κ2) is 5.98. The van der Waals surface area contributed by atoms with Gasteiger partial charge in [-0.2, -0.15) is 5.10 Å². The molecule has 4 nitrogen and oxygen atoms in total. The lowest BCUT2D eigenvalue weighted by Gasteiger charge is -2.21. The standard InChI is InChI=1S/C13H16FIN4/c1-8(2)19-12(5-6-17-19)13(18-16)10-4-3-9(14)7-11(10)15/h3-8,13,18H,16H2,1-2H3. The maximum atomic E-state index is 13.2. The van der Waals surface area contributed by atoms with Crippen LogP contribution in [0.4, 0.5) is 4.39 Å². The van der Waals surface area contributed by atoms with Gasteiger partial charge in [-0.3, -0.25) is 10.5 Å². The zero-order chi connectivity index (χ0) is 14.0. The Morgan fingerprint density at radius 1 is 1.37 bits per heavy atom. The Morgan fingerprint density at radius 3 is 2.68 bits per heavy atom. The van der Waals surface area contributed by atoms with Crippen LogP contribution in [-0.4, -0.2) is 9.78 Å². The average Bonchev–Trinajstić information content (AvgIpc) is 2.82. The van der Waals surface area contributed by atoms with Crippen molar-refractivity contribution < 1.29 is 4.39 Å². The smallest absolute Gasteiger partial charge is 0.124 e. The van der Waals surface area contributed by atoms with Crippen LogP contribution < -0.4 is 11.3 Å². The van der Waals surface area contributed by atoms with Crippen molar-refractivity contribution >= 4 is 22.6 Å². The van der Waals surface area contributed by atoms with Gasteiger partial charge in [-0.05, 0) is 60.2 Å². The molecule has 0 amide bonds. The minimum absolute atomic E-state index is 0.211. The monoisotopic (exact) mass is 374 g/mol. The lowest BCUT2D eigenvalue weighted by molar-refractivity contribution is 0.475. The summed E-state index contributed by atoms with van der Waals surface area (Å²) < 4.78 is 15.9. The predicted molar refractivity (Wildman–Crippen MR) is 80.9 cm³/mol. The number of benzene rings is 1. The molecule has 0 fully saturated rings. The van der Waals surface area contributed by atoms with E-state index in [9.17, 15) is 4.39 Å². The maximum absolute atomic E-state index is 13.2. The second-order valence-electron chi connectivity index (χ2n) is 4.56. The summed E-state index contributed by atoms with van der Waals surface area (Å²) in [5.74, 6) is 5.43. The molecule has 0 saturated heterocycles. The number of hydrazine groups is 1. The van der Waals surface area contributed by atoms with Crippen molar-refractivity contribution in [2.75, 3.05) is 0 Å². The van der Waals surface area contributed by atoms with E-state index in [1.165, 1.54) is 12.1 Å². The van der Waals surface area contributed by atoms with Crippen LogP contribution in [0.3, 0.4) is 0 Å². The summed E-state index contributed by atoms with van der Waals surface area (Å²) in [5.41, 5.74) is 4.69. The van der Waals surface area contributed by atoms with Crippen LogP contribution >= 0.6 is 22.6 Å². The Labute approximate surface area is 125 Å². The number of rotatable bonds is 4.